The largest absolute Gasteiger partial charge is 0.359 e. The van der Waals surface area contributed by atoms with Gasteiger partial charge in [0.1, 0.15) is 0 Å². The quantitative estimate of drug-likeness (QED) is 0.688. The van der Waals surface area contributed by atoms with Crippen LogP contribution in [0.15, 0.2) is 36.2 Å². The molecule has 0 amide bonds. The molecule has 0 aliphatic carbocycles. The zero-order valence-electron chi connectivity index (χ0n) is 7.21. The molecule has 0 aromatic carbocycles. The highest BCUT2D eigenvalue weighted by Gasteiger charge is 2.05. The first-order valence-corrected chi connectivity index (χ1v) is 4.18. The molecule has 12 heavy (non-hydrogen) atoms. The van der Waals surface area contributed by atoms with Gasteiger partial charge in [-0.3, -0.25) is 4.79 Å². The predicted molar refractivity (Wildman–Crippen MR) is 49.4 cm³/mol. The number of hydrogen-bond acceptors (Lipinski definition) is 2. The summed E-state index contributed by atoms with van der Waals surface area (Å²) in [5.74, 6) is 0.175. The Morgan fingerprint density at radius 1 is 1.42 bits per heavy atom. The van der Waals surface area contributed by atoms with Crippen molar-refractivity contribution >= 4 is 5.78 Å². The van der Waals surface area contributed by atoms with Crippen LogP contribution < -0.4 is 5.32 Å². The number of allylic oxidation sites excluding steroid dienone is 5. The van der Waals surface area contributed by atoms with Gasteiger partial charge >= 0.3 is 0 Å². The topological polar surface area (TPSA) is 29.1 Å². The van der Waals surface area contributed by atoms with Crippen LogP contribution in [0, 0.1) is 0 Å². The molecule has 64 valence electrons. The van der Waals surface area contributed by atoms with Gasteiger partial charge in [-0.2, -0.15) is 0 Å². The SMILES string of the molecule is CCCC(=O)C1=CC=CC=CN1. The van der Waals surface area contributed by atoms with Crippen LogP contribution in [0.5, 0.6) is 0 Å². The molecular weight excluding hydrogens is 150 g/mol. The van der Waals surface area contributed by atoms with Crippen molar-refractivity contribution in [3.63, 3.8) is 0 Å². The number of ketones is 1. The lowest BCUT2D eigenvalue weighted by molar-refractivity contribution is -0.115. The van der Waals surface area contributed by atoms with Crippen LogP contribution in [0.1, 0.15) is 19.8 Å². The maximum Gasteiger partial charge on any atom is 0.178 e. The van der Waals surface area contributed by atoms with E-state index in [0.717, 1.165) is 6.42 Å². The third-order valence-electron chi connectivity index (χ3n) is 1.60. The Kier molecular flexibility index (Phi) is 3.33. The summed E-state index contributed by atoms with van der Waals surface area (Å²) >= 11 is 0. The fraction of sp³-hybridized carbons (Fsp3) is 0.300. The van der Waals surface area contributed by atoms with Crippen LogP contribution in [0.4, 0.5) is 0 Å². The fourth-order valence-electron chi connectivity index (χ4n) is 0.993. The molecule has 0 bridgehead atoms. The summed E-state index contributed by atoms with van der Waals surface area (Å²) in [6.45, 7) is 2.00. The van der Waals surface area contributed by atoms with Crippen molar-refractivity contribution in [2.24, 2.45) is 0 Å². The van der Waals surface area contributed by atoms with Crippen LogP contribution in [0.2, 0.25) is 0 Å². The van der Waals surface area contributed by atoms with E-state index in [9.17, 15) is 4.79 Å². The molecule has 0 radical (unpaired) electrons. The van der Waals surface area contributed by atoms with Crippen molar-refractivity contribution in [2.75, 3.05) is 0 Å². The number of rotatable bonds is 3. The lowest BCUT2D eigenvalue weighted by Crippen LogP contribution is -2.14. The van der Waals surface area contributed by atoms with Gasteiger partial charge in [-0.15, -0.1) is 0 Å². The molecule has 0 aromatic rings. The van der Waals surface area contributed by atoms with Gasteiger partial charge < -0.3 is 5.32 Å². The second-order valence-corrected chi connectivity index (χ2v) is 2.64. The van der Waals surface area contributed by atoms with E-state index in [1.165, 1.54) is 0 Å². The third-order valence-corrected chi connectivity index (χ3v) is 1.60. The molecule has 1 aliphatic heterocycles. The second kappa shape index (κ2) is 4.54. The van der Waals surface area contributed by atoms with E-state index in [2.05, 4.69) is 5.32 Å². The minimum absolute atomic E-state index is 0.175. The average molecular weight is 163 g/mol. The zero-order valence-corrected chi connectivity index (χ0v) is 7.21. The summed E-state index contributed by atoms with van der Waals surface area (Å²) in [5, 5.41) is 2.93. The van der Waals surface area contributed by atoms with E-state index < -0.39 is 0 Å². The Labute approximate surface area is 72.7 Å². The third kappa shape index (κ3) is 2.38. The lowest BCUT2D eigenvalue weighted by Gasteiger charge is -2.02. The van der Waals surface area contributed by atoms with Gasteiger partial charge in [0.15, 0.2) is 5.78 Å². The Morgan fingerprint density at radius 2 is 2.25 bits per heavy atom. The summed E-state index contributed by atoms with van der Waals surface area (Å²) in [6.07, 6.45) is 10.7. The van der Waals surface area contributed by atoms with Gasteiger partial charge in [0.05, 0.1) is 5.70 Å². The van der Waals surface area contributed by atoms with Crippen LogP contribution in [0.25, 0.3) is 0 Å². The number of carbonyl (C=O) groups is 1. The van der Waals surface area contributed by atoms with Crippen molar-refractivity contribution in [3.8, 4) is 0 Å². The normalized spacial score (nSPS) is 14.9. The minimum Gasteiger partial charge on any atom is -0.359 e. The molecule has 1 heterocycles. The van der Waals surface area contributed by atoms with E-state index in [1.807, 2.05) is 25.2 Å². The molecule has 0 spiro atoms. The number of Topliss-reactive ketones (excluding diaryl/α,β-unsaturated/α-hetero) is 1. The highest BCUT2D eigenvalue weighted by Crippen LogP contribution is 2.02. The molecule has 0 saturated heterocycles. The van der Waals surface area contributed by atoms with Crippen LogP contribution in [-0.2, 0) is 4.79 Å². The summed E-state index contributed by atoms with van der Waals surface area (Å²) < 4.78 is 0. The number of nitrogens with one attached hydrogen (secondary N) is 1. The fourth-order valence-corrected chi connectivity index (χ4v) is 0.993. The Morgan fingerprint density at radius 3 is 3.00 bits per heavy atom. The first-order chi connectivity index (χ1) is 5.84. The van der Waals surface area contributed by atoms with Crippen LogP contribution in [0.3, 0.4) is 0 Å². The van der Waals surface area contributed by atoms with Gasteiger partial charge in [0.25, 0.3) is 0 Å². The van der Waals surface area contributed by atoms with Crippen LogP contribution in [-0.4, -0.2) is 5.78 Å². The summed E-state index contributed by atoms with van der Waals surface area (Å²) in [7, 11) is 0. The van der Waals surface area contributed by atoms with Crippen molar-refractivity contribution < 1.29 is 4.79 Å². The minimum atomic E-state index is 0.175. The smallest absolute Gasteiger partial charge is 0.178 e. The summed E-state index contributed by atoms with van der Waals surface area (Å²) in [5.41, 5.74) is 0.682. The molecule has 0 aromatic heterocycles. The molecule has 1 rings (SSSR count). The van der Waals surface area contributed by atoms with E-state index in [0.29, 0.717) is 12.1 Å². The van der Waals surface area contributed by atoms with E-state index in [1.54, 1.807) is 12.3 Å². The predicted octanol–water partition coefficient (Wildman–Crippen LogP) is 1.91. The monoisotopic (exact) mass is 163 g/mol. The highest BCUT2D eigenvalue weighted by atomic mass is 16.1. The molecule has 0 saturated carbocycles. The molecule has 1 aliphatic rings. The van der Waals surface area contributed by atoms with E-state index in [4.69, 9.17) is 0 Å². The van der Waals surface area contributed by atoms with Gasteiger partial charge in [-0.25, -0.2) is 0 Å². The zero-order chi connectivity index (χ0) is 8.81. The second-order valence-electron chi connectivity index (χ2n) is 2.64. The molecule has 0 fully saturated rings. The first kappa shape index (κ1) is 8.78. The van der Waals surface area contributed by atoms with Crippen LogP contribution >= 0.6 is 0 Å². The lowest BCUT2D eigenvalue weighted by atomic mass is 10.2. The average Bonchev–Trinajstić information content (AvgIpc) is 2.32. The summed E-state index contributed by atoms with van der Waals surface area (Å²) in [6, 6.07) is 0. The van der Waals surface area contributed by atoms with Crippen molar-refractivity contribution in [3.05, 3.63) is 36.2 Å². The van der Waals surface area contributed by atoms with Gasteiger partial charge in [0, 0.05) is 12.6 Å². The first-order valence-electron chi connectivity index (χ1n) is 4.18. The Balaban J connectivity index is 2.62. The van der Waals surface area contributed by atoms with E-state index in [-0.39, 0.29) is 5.78 Å². The molecular formula is C10H13NO. The molecule has 0 atom stereocenters. The van der Waals surface area contributed by atoms with Gasteiger partial charge in [-0.05, 0) is 18.6 Å². The maximum absolute atomic E-state index is 11.4. The summed E-state index contributed by atoms with van der Waals surface area (Å²) in [4.78, 5) is 11.4. The van der Waals surface area contributed by atoms with Crippen molar-refractivity contribution in [2.45, 2.75) is 19.8 Å². The van der Waals surface area contributed by atoms with E-state index >= 15 is 0 Å². The molecule has 2 heteroatoms. The molecule has 2 nitrogen and oxygen atoms in total. The Bertz CT molecular complexity index is 249. The molecule has 0 unspecified atom stereocenters. The standard InChI is InChI=1S/C10H13NO/c1-2-6-10(12)9-7-4-3-5-8-11-9/h3-5,7-8,11H,2,6H2,1H3. The maximum atomic E-state index is 11.4. The van der Waals surface area contributed by atoms with Gasteiger partial charge in [0.2, 0.25) is 0 Å². The molecule has 1 N–H and O–H groups in total. The number of hydrogen-bond donors (Lipinski definition) is 1. The Hall–Kier alpha value is -1.31. The van der Waals surface area contributed by atoms with Gasteiger partial charge in [-0.1, -0.05) is 19.1 Å². The number of carbonyl (C=O) groups excluding carboxylic acids is 1. The van der Waals surface area contributed by atoms with Crippen molar-refractivity contribution in [1.82, 2.24) is 5.32 Å². The van der Waals surface area contributed by atoms with Crippen molar-refractivity contribution in [1.29, 1.82) is 0 Å². The highest BCUT2D eigenvalue weighted by molar-refractivity contribution is 5.95.